The first kappa shape index (κ1) is 13.6. The number of rotatable bonds is 2. The minimum atomic E-state index is -0.132. The number of fused-ring (bicyclic) bond motifs is 1. The molecule has 0 bridgehead atoms. The first-order valence-electron chi connectivity index (χ1n) is 7.49. The van der Waals surface area contributed by atoms with Gasteiger partial charge < -0.3 is 4.90 Å². The molecule has 0 N–H and O–H groups in total. The number of likely N-dealkylation sites (tertiary alicyclic amines) is 1. The summed E-state index contributed by atoms with van der Waals surface area (Å²) in [5.74, 6) is -0.132. The van der Waals surface area contributed by atoms with Gasteiger partial charge in [0, 0.05) is 25.7 Å². The van der Waals surface area contributed by atoms with Gasteiger partial charge in [0.25, 0.3) is 0 Å². The van der Waals surface area contributed by atoms with Crippen LogP contribution in [0.5, 0.6) is 0 Å². The molecular weight excluding hydrogens is 292 g/mol. The van der Waals surface area contributed by atoms with Gasteiger partial charge in [-0.2, -0.15) is 10.4 Å². The molecule has 2 aromatic rings. The number of nitrogens with zero attached hydrogens (tertiary/aromatic N) is 6. The number of ketones is 1. The smallest absolute Gasteiger partial charge is 0.180 e. The third-order valence-corrected chi connectivity index (χ3v) is 4.38. The van der Waals surface area contributed by atoms with Gasteiger partial charge in [-0.15, -0.1) is 0 Å². The molecule has 4 rings (SSSR count). The number of hydrogen-bond donors (Lipinski definition) is 0. The van der Waals surface area contributed by atoms with Crippen LogP contribution < -0.4 is 0 Å². The van der Waals surface area contributed by atoms with Crippen molar-refractivity contribution in [3.05, 3.63) is 47.8 Å². The number of aromatic nitrogens is 4. The first-order valence-corrected chi connectivity index (χ1v) is 7.49. The Labute approximate surface area is 132 Å². The normalized spacial score (nSPS) is 20.6. The molecule has 0 aromatic carbocycles. The standard InChI is InChI=1S/C16H14N6O/c17-7-13-14(23)6-11-2-1-4-19-15(11)16(13)21-5-3-12(8-21)22-10-18-9-20-22/h1-2,4,9-10,12H,3,5-6,8H2/t12-/m0/s1. The lowest BCUT2D eigenvalue weighted by molar-refractivity contribution is -0.114. The molecule has 1 saturated heterocycles. The van der Waals surface area contributed by atoms with E-state index in [1.807, 2.05) is 16.8 Å². The largest absolute Gasteiger partial charge is 0.366 e. The summed E-state index contributed by atoms with van der Waals surface area (Å²) >= 11 is 0. The van der Waals surface area contributed by atoms with E-state index in [0.29, 0.717) is 12.2 Å². The van der Waals surface area contributed by atoms with Crippen LogP contribution in [0.25, 0.3) is 5.70 Å². The van der Waals surface area contributed by atoms with E-state index >= 15 is 0 Å². The zero-order valence-corrected chi connectivity index (χ0v) is 12.4. The summed E-state index contributed by atoms with van der Waals surface area (Å²) in [6, 6.07) is 6.00. The van der Waals surface area contributed by atoms with Crippen molar-refractivity contribution in [1.82, 2.24) is 24.6 Å². The van der Waals surface area contributed by atoms with Crippen LogP contribution >= 0.6 is 0 Å². The van der Waals surface area contributed by atoms with Crippen molar-refractivity contribution in [2.24, 2.45) is 0 Å². The minimum absolute atomic E-state index is 0.132. The quantitative estimate of drug-likeness (QED) is 0.822. The van der Waals surface area contributed by atoms with Crippen LogP contribution in [0.4, 0.5) is 0 Å². The summed E-state index contributed by atoms with van der Waals surface area (Å²) in [6.45, 7) is 1.45. The SMILES string of the molecule is N#CC1=C(N2CC[C@H](n3cncn3)C2)c2ncccc2CC1=O. The number of allylic oxidation sites excluding steroid dienone is 1. The first-order chi connectivity index (χ1) is 11.3. The molecule has 0 unspecified atom stereocenters. The molecule has 7 nitrogen and oxygen atoms in total. The Morgan fingerprint density at radius 3 is 3.09 bits per heavy atom. The maximum absolute atomic E-state index is 12.3. The molecular formula is C16H14N6O. The highest BCUT2D eigenvalue weighted by Gasteiger charge is 2.34. The Morgan fingerprint density at radius 1 is 1.39 bits per heavy atom. The molecule has 114 valence electrons. The summed E-state index contributed by atoms with van der Waals surface area (Å²) in [7, 11) is 0. The van der Waals surface area contributed by atoms with Crippen molar-refractivity contribution in [1.29, 1.82) is 5.26 Å². The van der Waals surface area contributed by atoms with Gasteiger partial charge >= 0.3 is 0 Å². The zero-order chi connectivity index (χ0) is 15.8. The molecule has 23 heavy (non-hydrogen) atoms. The average molecular weight is 306 g/mol. The van der Waals surface area contributed by atoms with E-state index in [9.17, 15) is 10.1 Å². The lowest BCUT2D eigenvalue weighted by Crippen LogP contribution is -2.28. The number of Topliss-reactive ketones (excluding diaryl/α,β-unsaturated/α-hetero) is 1. The molecule has 1 aliphatic carbocycles. The molecule has 1 aliphatic heterocycles. The molecule has 3 heterocycles. The highest BCUT2D eigenvalue weighted by atomic mass is 16.1. The lowest BCUT2D eigenvalue weighted by Gasteiger charge is -2.27. The topological polar surface area (TPSA) is 87.7 Å². The van der Waals surface area contributed by atoms with Gasteiger partial charge in [0.15, 0.2) is 5.78 Å². The summed E-state index contributed by atoms with van der Waals surface area (Å²) in [5, 5.41) is 13.6. The van der Waals surface area contributed by atoms with Crippen LogP contribution in [0, 0.1) is 11.3 Å². The Kier molecular flexibility index (Phi) is 3.15. The van der Waals surface area contributed by atoms with Crippen LogP contribution in [-0.4, -0.2) is 43.5 Å². The van der Waals surface area contributed by atoms with E-state index < -0.39 is 0 Å². The summed E-state index contributed by atoms with van der Waals surface area (Å²) < 4.78 is 1.83. The van der Waals surface area contributed by atoms with E-state index in [1.54, 1.807) is 12.5 Å². The van der Waals surface area contributed by atoms with Gasteiger partial charge in [0.1, 0.15) is 24.3 Å². The van der Waals surface area contributed by atoms with Gasteiger partial charge in [-0.05, 0) is 18.1 Å². The van der Waals surface area contributed by atoms with E-state index in [1.165, 1.54) is 6.33 Å². The van der Waals surface area contributed by atoms with E-state index in [4.69, 9.17) is 0 Å². The molecule has 0 spiro atoms. The molecule has 0 amide bonds. The Balaban J connectivity index is 1.74. The average Bonchev–Trinajstić information content (AvgIpc) is 3.24. The van der Waals surface area contributed by atoms with E-state index in [2.05, 4.69) is 26.0 Å². The van der Waals surface area contributed by atoms with Crippen LogP contribution in [0.3, 0.4) is 0 Å². The molecule has 1 fully saturated rings. The predicted octanol–water partition coefficient (Wildman–Crippen LogP) is 0.980. The van der Waals surface area contributed by atoms with Gasteiger partial charge in [0.2, 0.25) is 0 Å². The Bertz CT molecular complexity index is 833. The fraction of sp³-hybridized carbons (Fsp3) is 0.312. The molecule has 0 saturated carbocycles. The van der Waals surface area contributed by atoms with Crippen LogP contribution in [0.15, 0.2) is 36.6 Å². The van der Waals surface area contributed by atoms with Gasteiger partial charge in [-0.3, -0.25) is 9.78 Å². The number of carbonyl (C=O) groups is 1. The summed E-state index contributed by atoms with van der Waals surface area (Å²) in [5.41, 5.74) is 2.52. The third kappa shape index (κ3) is 2.19. The molecule has 1 atom stereocenters. The number of hydrogen-bond acceptors (Lipinski definition) is 6. The highest BCUT2D eigenvalue weighted by Crippen LogP contribution is 2.34. The van der Waals surface area contributed by atoms with Crippen molar-refractivity contribution < 1.29 is 4.79 Å². The molecule has 0 radical (unpaired) electrons. The van der Waals surface area contributed by atoms with Crippen molar-refractivity contribution in [3.63, 3.8) is 0 Å². The fourth-order valence-corrected chi connectivity index (χ4v) is 3.30. The Hall–Kier alpha value is -3.01. The predicted molar refractivity (Wildman–Crippen MR) is 80.7 cm³/mol. The molecule has 2 aromatic heterocycles. The number of pyridine rings is 1. The van der Waals surface area contributed by atoms with Crippen molar-refractivity contribution in [3.8, 4) is 6.07 Å². The second-order valence-electron chi connectivity index (χ2n) is 5.71. The van der Waals surface area contributed by atoms with Crippen LogP contribution in [0.1, 0.15) is 23.7 Å². The number of carbonyl (C=O) groups excluding carboxylic acids is 1. The van der Waals surface area contributed by atoms with Crippen LogP contribution in [-0.2, 0) is 11.2 Å². The molecule has 7 heteroatoms. The van der Waals surface area contributed by atoms with E-state index in [-0.39, 0.29) is 23.8 Å². The van der Waals surface area contributed by atoms with Gasteiger partial charge in [-0.25, -0.2) is 9.67 Å². The van der Waals surface area contributed by atoms with Crippen LogP contribution in [0.2, 0.25) is 0 Å². The monoisotopic (exact) mass is 306 g/mol. The summed E-state index contributed by atoms with van der Waals surface area (Å²) in [6.07, 6.45) is 6.06. The zero-order valence-electron chi connectivity index (χ0n) is 12.4. The van der Waals surface area contributed by atoms with Crippen molar-refractivity contribution in [2.45, 2.75) is 18.9 Å². The van der Waals surface area contributed by atoms with Gasteiger partial charge in [0.05, 0.1) is 17.4 Å². The lowest BCUT2D eigenvalue weighted by atomic mass is 9.92. The maximum atomic E-state index is 12.3. The second-order valence-corrected chi connectivity index (χ2v) is 5.71. The van der Waals surface area contributed by atoms with Gasteiger partial charge in [-0.1, -0.05) is 6.07 Å². The van der Waals surface area contributed by atoms with E-state index in [0.717, 1.165) is 24.2 Å². The number of nitriles is 1. The summed E-state index contributed by atoms with van der Waals surface area (Å²) in [4.78, 5) is 22.8. The van der Waals surface area contributed by atoms with Crippen molar-refractivity contribution >= 4 is 11.5 Å². The molecule has 2 aliphatic rings. The second kappa shape index (κ2) is 5.32. The third-order valence-electron chi connectivity index (χ3n) is 4.38. The van der Waals surface area contributed by atoms with Crippen molar-refractivity contribution in [2.75, 3.05) is 13.1 Å². The minimum Gasteiger partial charge on any atom is -0.366 e. The highest BCUT2D eigenvalue weighted by molar-refractivity contribution is 6.09. The fourth-order valence-electron chi connectivity index (χ4n) is 3.30. The maximum Gasteiger partial charge on any atom is 0.180 e. The Morgan fingerprint density at radius 2 is 2.30 bits per heavy atom.